The lowest BCUT2D eigenvalue weighted by atomic mass is 9.97. The number of alkyl carbamates (subject to hydrolysis) is 1. The molecular formula is C33H47N3O6. The number of nitrogens with one attached hydrogen (secondary N) is 2. The Morgan fingerprint density at radius 2 is 1.60 bits per heavy atom. The Kier molecular flexibility index (Phi) is 13.5. The van der Waals surface area contributed by atoms with Crippen molar-refractivity contribution in [3.8, 4) is 0 Å². The third-order valence-electron chi connectivity index (χ3n) is 6.36. The quantitative estimate of drug-likeness (QED) is 0.297. The molecule has 0 saturated heterocycles. The van der Waals surface area contributed by atoms with E-state index in [4.69, 9.17) is 9.47 Å². The van der Waals surface area contributed by atoms with Crippen molar-refractivity contribution in [1.29, 1.82) is 0 Å². The van der Waals surface area contributed by atoms with Gasteiger partial charge in [-0.15, -0.1) is 0 Å². The first-order valence-corrected chi connectivity index (χ1v) is 14.7. The van der Waals surface area contributed by atoms with Gasteiger partial charge >= 0.3 is 12.1 Å². The van der Waals surface area contributed by atoms with Crippen LogP contribution in [0.15, 0.2) is 48.5 Å². The average Bonchev–Trinajstić information content (AvgIpc) is 2.89. The normalized spacial score (nSPS) is 12.5. The monoisotopic (exact) mass is 581 g/mol. The maximum Gasteiger partial charge on any atom is 0.408 e. The van der Waals surface area contributed by atoms with Crippen LogP contribution in [0.4, 0.5) is 4.79 Å². The summed E-state index contributed by atoms with van der Waals surface area (Å²) in [7, 11) is 0. The van der Waals surface area contributed by atoms with E-state index in [1.807, 2.05) is 69.3 Å². The number of unbranched alkanes of at least 4 members (excludes halogenated alkanes) is 1. The highest BCUT2D eigenvalue weighted by molar-refractivity contribution is 5.92. The lowest BCUT2D eigenvalue weighted by Gasteiger charge is -2.35. The fraction of sp³-hybridized carbons (Fsp3) is 0.515. The number of ether oxygens (including phenoxy) is 2. The summed E-state index contributed by atoms with van der Waals surface area (Å²) in [5, 5.41) is 5.61. The Bertz CT molecular complexity index is 1170. The van der Waals surface area contributed by atoms with Crippen LogP contribution in [-0.4, -0.2) is 60.1 Å². The van der Waals surface area contributed by atoms with Gasteiger partial charge in [0.25, 0.3) is 0 Å². The molecular weight excluding hydrogens is 534 g/mol. The molecule has 0 fully saturated rings. The molecule has 0 heterocycles. The zero-order valence-electron chi connectivity index (χ0n) is 26.1. The van der Waals surface area contributed by atoms with E-state index in [1.54, 1.807) is 32.6 Å². The first kappa shape index (κ1) is 34.3. The van der Waals surface area contributed by atoms with E-state index in [0.29, 0.717) is 18.5 Å². The molecule has 3 amide bonds. The molecule has 0 spiro atoms. The summed E-state index contributed by atoms with van der Waals surface area (Å²) in [5.41, 5.74) is 2.65. The van der Waals surface area contributed by atoms with Crippen molar-refractivity contribution in [2.45, 2.75) is 91.8 Å². The summed E-state index contributed by atoms with van der Waals surface area (Å²) in [6.45, 7) is 13.5. The summed E-state index contributed by atoms with van der Waals surface area (Å²) in [6, 6.07) is 13.2. The van der Waals surface area contributed by atoms with Gasteiger partial charge in [0, 0.05) is 19.5 Å². The minimum absolute atomic E-state index is 0.0128. The van der Waals surface area contributed by atoms with Crippen LogP contribution in [0.1, 0.15) is 82.2 Å². The van der Waals surface area contributed by atoms with Gasteiger partial charge in [-0.25, -0.2) is 4.79 Å². The van der Waals surface area contributed by atoms with Crippen LogP contribution < -0.4 is 10.6 Å². The maximum atomic E-state index is 14.4. The second kappa shape index (κ2) is 16.5. The maximum absolute atomic E-state index is 14.4. The first-order valence-electron chi connectivity index (χ1n) is 14.7. The van der Waals surface area contributed by atoms with E-state index in [-0.39, 0.29) is 26.0 Å². The molecule has 0 radical (unpaired) electrons. The predicted molar refractivity (Wildman–Crippen MR) is 163 cm³/mol. The molecule has 9 heteroatoms. The number of rotatable bonds is 14. The van der Waals surface area contributed by atoms with Crippen molar-refractivity contribution in [2.24, 2.45) is 0 Å². The summed E-state index contributed by atoms with van der Waals surface area (Å²) in [4.78, 5) is 54.6. The van der Waals surface area contributed by atoms with Crippen molar-refractivity contribution >= 4 is 23.9 Å². The molecule has 0 aliphatic heterocycles. The summed E-state index contributed by atoms with van der Waals surface area (Å²) < 4.78 is 10.5. The van der Waals surface area contributed by atoms with E-state index in [2.05, 4.69) is 10.6 Å². The smallest absolute Gasteiger partial charge is 0.408 e. The molecule has 2 aromatic rings. The van der Waals surface area contributed by atoms with Gasteiger partial charge in [0.2, 0.25) is 11.8 Å². The molecule has 2 unspecified atom stereocenters. The molecule has 0 saturated carbocycles. The number of nitrogens with zero attached hydrogens (tertiary/aromatic N) is 1. The highest BCUT2D eigenvalue weighted by atomic mass is 16.6. The third-order valence-corrected chi connectivity index (χ3v) is 6.36. The molecule has 230 valence electrons. The molecule has 9 nitrogen and oxygen atoms in total. The van der Waals surface area contributed by atoms with Crippen LogP contribution in [0.3, 0.4) is 0 Å². The number of hydrogen-bond acceptors (Lipinski definition) is 6. The Labute approximate surface area is 250 Å². The number of aryl methyl sites for hydroxylation is 2. The molecule has 2 atom stereocenters. The minimum atomic E-state index is -0.986. The highest BCUT2D eigenvalue weighted by Crippen LogP contribution is 2.26. The van der Waals surface area contributed by atoms with Gasteiger partial charge in [-0.2, -0.15) is 0 Å². The zero-order valence-corrected chi connectivity index (χ0v) is 26.1. The molecule has 0 aliphatic carbocycles. The number of carbonyl (C=O) groups is 4. The van der Waals surface area contributed by atoms with E-state index in [1.165, 1.54) is 0 Å². The highest BCUT2D eigenvalue weighted by Gasteiger charge is 2.36. The lowest BCUT2D eigenvalue weighted by molar-refractivity contribution is -0.144. The van der Waals surface area contributed by atoms with Crippen LogP contribution >= 0.6 is 0 Å². The van der Waals surface area contributed by atoms with Crippen molar-refractivity contribution in [1.82, 2.24) is 15.5 Å². The second-order valence-electron chi connectivity index (χ2n) is 11.4. The SMILES string of the molecule is CCCCN(C(=O)C(Cc1ccccc1)NC(=O)OC(C)(C)C)C(C(=O)NCCC(=O)OCC)c1cc(C)cc(C)c1. The molecule has 2 N–H and O–H groups in total. The van der Waals surface area contributed by atoms with E-state index in [0.717, 1.165) is 23.1 Å². The standard InChI is InChI=1S/C33H47N3O6/c1-8-10-18-36(31(39)27(22-25-14-12-11-13-15-25)35-32(40)42-33(5,6)7)29(26-20-23(3)19-24(4)21-26)30(38)34-17-16-28(37)41-9-2/h11-15,19-21,27,29H,8-10,16-18,22H2,1-7H3,(H,34,38)(H,35,40). The predicted octanol–water partition coefficient (Wildman–Crippen LogP) is 5.18. The zero-order chi connectivity index (χ0) is 31.3. The van der Waals surface area contributed by atoms with Gasteiger partial charge in [-0.3, -0.25) is 14.4 Å². The van der Waals surface area contributed by atoms with Crippen molar-refractivity contribution in [3.05, 3.63) is 70.8 Å². The van der Waals surface area contributed by atoms with Gasteiger partial charge in [0.05, 0.1) is 13.0 Å². The van der Waals surface area contributed by atoms with Crippen molar-refractivity contribution in [2.75, 3.05) is 19.7 Å². The first-order chi connectivity index (χ1) is 19.8. The van der Waals surface area contributed by atoms with Gasteiger partial charge in [0.15, 0.2) is 0 Å². The Morgan fingerprint density at radius 3 is 2.17 bits per heavy atom. The number of amides is 3. The van der Waals surface area contributed by atoms with Crippen LogP contribution in [0.2, 0.25) is 0 Å². The molecule has 2 aromatic carbocycles. The lowest BCUT2D eigenvalue weighted by Crippen LogP contribution is -2.54. The Hall–Kier alpha value is -3.88. The number of esters is 1. The van der Waals surface area contributed by atoms with Crippen molar-refractivity contribution in [3.63, 3.8) is 0 Å². The van der Waals surface area contributed by atoms with Crippen molar-refractivity contribution < 1.29 is 28.7 Å². The second-order valence-corrected chi connectivity index (χ2v) is 11.4. The Balaban J connectivity index is 2.52. The van der Waals surface area contributed by atoms with Gasteiger partial charge < -0.3 is 25.0 Å². The molecule has 0 aliphatic rings. The van der Waals surface area contributed by atoms with Crippen LogP contribution in [-0.2, 0) is 30.3 Å². The fourth-order valence-electron chi connectivity index (χ4n) is 4.65. The fourth-order valence-corrected chi connectivity index (χ4v) is 4.65. The number of benzene rings is 2. The van der Waals surface area contributed by atoms with E-state index < -0.39 is 41.6 Å². The molecule has 2 rings (SSSR count). The van der Waals surface area contributed by atoms with E-state index >= 15 is 0 Å². The summed E-state index contributed by atoms with van der Waals surface area (Å²) in [5.74, 6) is -1.23. The topological polar surface area (TPSA) is 114 Å². The number of carbonyl (C=O) groups excluding carboxylic acids is 4. The molecule has 0 bridgehead atoms. The van der Waals surface area contributed by atoms with Crippen LogP contribution in [0.25, 0.3) is 0 Å². The van der Waals surface area contributed by atoms with Gasteiger partial charge in [0.1, 0.15) is 17.7 Å². The minimum Gasteiger partial charge on any atom is -0.466 e. The van der Waals surface area contributed by atoms with E-state index in [9.17, 15) is 19.2 Å². The van der Waals surface area contributed by atoms with Crippen LogP contribution in [0.5, 0.6) is 0 Å². The summed E-state index contributed by atoms with van der Waals surface area (Å²) >= 11 is 0. The Morgan fingerprint density at radius 1 is 0.952 bits per heavy atom. The number of hydrogen-bond donors (Lipinski definition) is 2. The van der Waals surface area contributed by atoms with Gasteiger partial charge in [-0.1, -0.05) is 73.0 Å². The molecule has 0 aromatic heterocycles. The average molecular weight is 582 g/mol. The van der Waals surface area contributed by atoms with Crippen LogP contribution in [0, 0.1) is 13.8 Å². The summed E-state index contributed by atoms with van der Waals surface area (Å²) in [6.07, 6.45) is 0.948. The largest absolute Gasteiger partial charge is 0.466 e. The molecule has 42 heavy (non-hydrogen) atoms. The third kappa shape index (κ3) is 11.5. The van der Waals surface area contributed by atoms with Gasteiger partial charge in [-0.05, 0) is 59.1 Å².